The molecule has 0 bridgehead atoms. The third-order valence-electron chi connectivity index (χ3n) is 0.813. The normalized spacial score (nSPS) is 7.83. The molecule has 0 unspecified atom stereocenters. The molecule has 0 saturated carbocycles. The monoisotopic (exact) mass is 366 g/mol. The van der Waals surface area contributed by atoms with Gasteiger partial charge in [0.05, 0.1) is 0 Å². The van der Waals surface area contributed by atoms with Crippen LogP contribution in [0.2, 0.25) is 0 Å². The Balaban J connectivity index is -0.0000000639. The molecule has 0 fully saturated rings. The van der Waals surface area contributed by atoms with Crippen molar-refractivity contribution in [1.82, 2.24) is 0 Å². The first-order valence-electron chi connectivity index (χ1n) is 6.80. The largest absolute Gasteiger partial charge is 2.00 e. The molecule has 0 spiro atoms. The number of carbonyl (C=O) groups is 4. The first kappa shape index (κ1) is 33.6. The van der Waals surface area contributed by atoms with Gasteiger partial charge in [-0.15, -0.1) is 0 Å². The van der Waals surface area contributed by atoms with Crippen LogP contribution >= 0.6 is 0 Å². The molecule has 2 N–H and O–H groups in total. The van der Waals surface area contributed by atoms with Gasteiger partial charge < -0.3 is 29.4 Å². The smallest absolute Gasteiger partial charge is 0.394 e. The fourth-order valence-corrected chi connectivity index (χ4v) is 0.572. The van der Waals surface area contributed by atoms with Crippen molar-refractivity contribution in [2.75, 3.05) is 0 Å². The van der Waals surface area contributed by atoms with Crippen molar-refractivity contribution in [3.8, 4) is 0 Å². The zero-order valence-electron chi connectivity index (χ0n) is 15.3. The molecule has 134 valence electrons. The van der Waals surface area contributed by atoms with Crippen LogP contribution in [0.15, 0.2) is 0 Å². The van der Waals surface area contributed by atoms with E-state index in [9.17, 15) is 19.2 Å². The summed E-state index contributed by atoms with van der Waals surface area (Å²) in [6.07, 6.45) is 1.78. The van der Waals surface area contributed by atoms with Crippen molar-refractivity contribution < 1.29 is 51.1 Å². The van der Waals surface area contributed by atoms with Crippen LogP contribution in [0.3, 0.4) is 0 Å². The van der Waals surface area contributed by atoms with Gasteiger partial charge in [-0.05, 0) is 55.4 Å². The van der Waals surface area contributed by atoms with Crippen LogP contribution in [0, 0.1) is 12.8 Å². The summed E-state index contributed by atoms with van der Waals surface area (Å²) in [5.74, 6) is -0.750. The second kappa shape index (κ2) is 23.3. The molecule has 0 heterocycles. The van der Waals surface area contributed by atoms with Gasteiger partial charge in [0.2, 0.25) is 0 Å². The second-order valence-corrected chi connectivity index (χ2v) is 4.92. The third-order valence-corrected chi connectivity index (χ3v) is 0.813. The molecule has 0 rings (SSSR count). The van der Waals surface area contributed by atoms with Crippen molar-refractivity contribution >= 4 is 23.1 Å². The fourth-order valence-electron chi connectivity index (χ4n) is 0.572. The van der Waals surface area contributed by atoms with Crippen molar-refractivity contribution in [1.29, 1.82) is 0 Å². The topological polar surface area (TPSA) is 109 Å². The predicted octanol–water partition coefficient (Wildman–Crippen LogP) is 1.51. The van der Waals surface area contributed by atoms with E-state index in [1.807, 2.05) is 0 Å². The first-order chi connectivity index (χ1) is 9.72. The molecular weight excluding hydrogens is 336 g/mol. The Hall–Kier alpha value is -0.946. The van der Waals surface area contributed by atoms with Gasteiger partial charge in [-0.25, -0.2) is 0 Å². The number of Topliss-reactive ketones (excluding diaryl/α,β-unsaturated/α-hetero) is 4. The molecule has 0 aliphatic heterocycles. The van der Waals surface area contributed by atoms with Crippen LogP contribution in [-0.2, 0) is 40.9 Å². The number of rotatable bonds is 4. The first-order valence-corrected chi connectivity index (χ1v) is 6.80. The van der Waals surface area contributed by atoms with Gasteiger partial charge in [0.1, 0.15) is 0 Å². The van der Waals surface area contributed by atoms with E-state index in [0.717, 1.165) is 12.8 Å². The molecular formula is C16H30O6Ti. The van der Waals surface area contributed by atoms with E-state index in [1.54, 1.807) is 27.7 Å². The summed E-state index contributed by atoms with van der Waals surface area (Å²) in [6.45, 7) is 12.3. The van der Waals surface area contributed by atoms with Gasteiger partial charge in [-0.1, -0.05) is 0 Å². The minimum atomic E-state index is -0.187. The van der Waals surface area contributed by atoms with Crippen molar-refractivity contribution in [2.24, 2.45) is 0 Å². The summed E-state index contributed by atoms with van der Waals surface area (Å²) in [7, 11) is 0. The standard InChI is InChI=1S/2C5H7O2.2C3H8O.Ti/c2*1-4(6)3-5(2)7;2*1-3(2)4;/h2*3H,1-2H3;2*3-4H,1-2H3;/q2*-1;;;+2. The van der Waals surface area contributed by atoms with Gasteiger partial charge in [0, 0.05) is 35.3 Å². The molecule has 0 aliphatic carbocycles. The van der Waals surface area contributed by atoms with Crippen molar-refractivity contribution in [3.63, 3.8) is 0 Å². The quantitative estimate of drug-likeness (QED) is 0.444. The molecule has 0 aromatic rings. The van der Waals surface area contributed by atoms with E-state index >= 15 is 0 Å². The van der Waals surface area contributed by atoms with Crippen LogP contribution in [0.4, 0.5) is 0 Å². The summed E-state index contributed by atoms with van der Waals surface area (Å²) in [6, 6.07) is 0. The number of aliphatic hydroxyl groups is 2. The predicted molar refractivity (Wildman–Crippen MR) is 86.0 cm³/mol. The number of carbonyl (C=O) groups excluding carboxylic acids is 4. The number of hydrogen-bond donors (Lipinski definition) is 2. The Morgan fingerprint density at radius 2 is 0.696 bits per heavy atom. The van der Waals surface area contributed by atoms with E-state index in [2.05, 4.69) is 0 Å². The molecule has 0 atom stereocenters. The van der Waals surface area contributed by atoms with E-state index in [1.165, 1.54) is 27.7 Å². The Morgan fingerprint density at radius 3 is 0.696 bits per heavy atom. The summed E-state index contributed by atoms with van der Waals surface area (Å²) in [4.78, 5) is 39.9. The Morgan fingerprint density at radius 1 is 0.609 bits per heavy atom. The average Bonchev–Trinajstić information content (AvgIpc) is 2.10. The zero-order valence-corrected chi connectivity index (χ0v) is 16.9. The molecule has 0 aromatic heterocycles. The van der Waals surface area contributed by atoms with Gasteiger partial charge in [-0.3, -0.25) is 12.8 Å². The van der Waals surface area contributed by atoms with Gasteiger partial charge in [0.15, 0.2) is 0 Å². The van der Waals surface area contributed by atoms with Crippen LogP contribution in [-0.4, -0.2) is 45.6 Å². The molecule has 0 saturated heterocycles. The fraction of sp³-hybridized carbons (Fsp3) is 0.625. The summed E-state index contributed by atoms with van der Waals surface area (Å²) in [5.41, 5.74) is 0. The molecule has 6 nitrogen and oxygen atoms in total. The molecule has 0 radical (unpaired) electrons. The van der Waals surface area contributed by atoms with Gasteiger partial charge in [-0.2, -0.15) is 0 Å². The minimum Gasteiger partial charge on any atom is -0.394 e. The van der Waals surface area contributed by atoms with E-state index < -0.39 is 0 Å². The van der Waals surface area contributed by atoms with Crippen molar-refractivity contribution in [3.05, 3.63) is 12.8 Å². The van der Waals surface area contributed by atoms with Gasteiger partial charge >= 0.3 is 21.7 Å². The average molecular weight is 366 g/mol. The van der Waals surface area contributed by atoms with E-state index in [0.29, 0.717) is 0 Å². The molecule has 0 aromatic carbocycles. The van der Waals surface area contributed by atoms with Crippen LogP contribution in [0.5, 0.6) is 0 Å². The Bertz CT molecular complexity index is 263. The Kier molecular flexibility index (Phi) is 34.1. The van der Waals surface area contributed by atoms with Crippen molar-refractivity contribution in [2.45, 2.75) is 67.6 Å². The maximum Gasteiger partial charge on any atom is 2.00 e. The molecule has 7 heteroatoms. The maximum atomic E-state index is 9.98. The summed E-state index contributed by atoms with van der Waals surface area (Å²) in [5, 5.41) is 16.1. The maximum absolute atomic E-state index is 9.98. The molecule has 0 amide bonds. The number of hydrogen-bond acceptors (Lipinski definition) is 6. The number of aliphatic hydroxyl groups excluding tert-OH is 2. The van der Waals surface area contributed by atoms with E-state index in [4.69, 9.17) is 10.2 Å². The Labute approximate surface area is 154 Å². The number of ketones is 4. The molecule has 23 heavy (non-hydrogen) atoms. The third kappa shape index (κ3) is 154. The summed E-state index contributed by atoms with van der Waals surface area (Å²) < 4.78 is 0. The SMILES string of the molecule is CC(=O)[CH-]C(C)=O.CC(=O)[CH-]C(C)=O.CC(C)O.CC(C)O.[Ti+2]. The zero-order chi connectivity index (χ0) is 18.9. The molecule has 0 aliphatic rings. The van der Waals surface area contributed by atoms with E-state index in [-0.39, 0.29) is 57.1 Å². The van der Waals surface area contributed by atoms with Crippen LogP contribution in [0.25, 0.3) is 0 Å². The van der Waals surface area contributed by atoms with Crippen LogP contribution < -0.4 is 0 Å². The minimum absolute atomic E-state index is 0. The summed E-state index contributed by atoms with van der Waals surface area (Å²) >= 11 is 0. The van der Waals surface area contributed by atoms with Crippen LogP contribution in [0.1, 0.15) is 55.4 Å². The van der Waals surface area contributed by atoms with Gasteiger partial charge in [0.25, 0.3) is 0 Å². The second-order valence-electron chi connectivity index (χ2n) is 4.92.